The number of nitro groups is 1. The predicted molar refractivity (Wildman–Crippen MR) is 95.6 cm³/mol. The maximum atomic E-state index is 12.2. The summed E-state index contributed by atoms with van der Waals surface area (Å²) in [5.41, 5.74) is 0.762. The summed E-state index contributed by atoms with van der Waals surface area (Å²) in [5, 5.41) is 13.5. The van der Waals surface area contributed by atoms with E-state index < -0.39 is 4.92 Å². The van der Waals surface area contributed by atoms with Gasteiger partial charge in [-0.25, -0.2) is 0 Å². The van der Waals surface area contributed by atoms with E-state index in [9.17, 15) is 14.9 Å². The van der Waals surface area contributed by atoms with Gasteiger partial charge < -0.3 is 5.32 Å². The summed E-state index contributed by atoms with van der Waals surface area (Å²) in [6.45, 7) is 0. The van der Waals surface area contributed by atoms with Gasteiger partial charge in [0.05, 0.1) is 15.0 Å². The van der Waals surface area contributed by atoms with Crippen molar-refractivity contribution in [2.24, 2.45) is 0 Å². The summed E-state index contributed by atoms with van der Waals surface area (Å²) in [5.74, 6) is -0.322. The number of hydrogen-bond acceptors (Lipinski definition) is 3. The minimum absolute atomic E-state index is 0.100. The molecule has 5 nitrogen and oxygen atoms in total. The summed E-state index contributed by atoms with van der Waals surface area (Å²) in [7, 11) is 0. The Bertz CT molecular complexity index is 737. The standard InChI is InChI=1S/C13H7Br2IN2O3/c14-7-1-4-11(16)9(5-7)13(19)17-8-2-3-10(15)12(6-8)18(20)21/h1-6H,(H,17,19). The molecule has 0 unspecified atom stereocenters. The summed E-state index contributed by atoms with van der Waals surface area (Å²) in [4.78, 5) is 22.6. The SMILES string of the molecule is O=C(Nc1ccc(Br)c([N+](=O)[O-])c1)c1cc(Br)ccc1I. The van der Waals surface area contributed by atoms with Gasteiger partial charge in [-0.2, -0.15) is 0 Å². The van der Waals surface area contributed by atoms with Crippen molar-refractivity contribution in [1.82, 2.24) is 0 Å². The fourth-order valence-electron chi connectivity index (χ4n) is 1.60. The molecule has 0 saturated heterocycles. The van der Waals surface area contributed by atoms with E-state index in [1.165, 1.54) is 12.1 Å². The molecule has 2 aromatic carbocycles. The van der Waals surface area contributed by atoms with Crippen molar-refractivity contribution in [2.45, 2.75) is 0 Å². The van der Waals surface area contributed by atoms with Crippen molar-refractivity contribution in [3.8, 4) is 0 Å². The molecule has 8 heteroatoms. The second kappa shape index (κ2) is 6.84. The summed E-state index contributed by atoms with van der Waals surface area (Å²) < 4.78 is 1.94. The zero-order valence-corrected chi connectivity index (χ0v) is 15.6. The Morgan fingerprint density at radius 3 is 2.57 bits per heavy atom. The number of carbonyl (C=O) groups excluding carboxylic acids is 1. The third kappa shape index (κ3) is 4.01. The first-order chi connectivity index (χ1) is 9.88. The van der Waals surface area contributed by atoms with Crippen molar-refractivity contribution in [1.29, 1.82) is 0 Å². The van der Waals surface area contributed by atoms with Gasteiger partial charge >= 0.3 is 0 Å². The lowest BCUT2D eigenvalue weighted by atomic mass is 10.2. The van der Waals surface area contributed by atoms with Crippen LogP contribution in [0.1, 0.15) is 10.4 Å². The average Bonchev–Trinajstić information content (AvgIpc) is 2.43. The fourth-order valence-corrected chi connectivity index (χ4v) is 2.93. The highest BCUT2D eigenvalue weighted by Gasteiger charge is 2.15. The molecular weight excluding hydrogens is 519 g/mol. The van der Waals surface area contributed by atoms with Crippen LogP contribution in [0.5, 0.6) is 0 Å². The van der Waals surface area contributed by atoms with Crippen LogP contribution in [0.2, 0.25) is 0 Å². The Labute approximate surface area is 150 Å². The topological polar surface area (TPSA) is 72.2 Å². The smallest absolute Gasteiger partial charge is 0.285 e. The molecule has 21 heavy (non-hydrogen) atoms. The first-order valence-electron chi connectivity index (χ1n) is 5.59. The Morgan fingerprint density at radius 1 is 1.19 bits per heavy atom. The van der Waals surface area contributed by atoms with Crippen LogP contribution in [0.15, 0.2) is 45.3 Å². The molecule has 2 rings (SSSR count). The molecule has 0 aliphatic heterocycles. The number of nitrogens with one attached hydrogen (secondary N) is 1. The van der Waals surface area contributed by atoms with Crippen molar-refractivity contribution in [3.63, 3.8) is 0 Å². The van der Waals surface area contributed by atoms with Crippen LogP contribution in [0.25, 0.3) is 0 Å². The van der Waals surface area contributed by atoms with Crippen LogP contribution in [-0.2, 0) is 0 Å². The summed E-state index contributed by atoms with van der Waals surface area (Å²) in [6.07, 6.45) is 0. The maximum absolute atomic E-state index is 12.2. The average molecular weight is 526 g/mol. The summed E-state index contributed by atoms with van der Waals surface area (Å²) in [6, 6.07) is 9.78. The number of nitro benzene ring substituents is 1. The zero-order valence-electron chi connectivity index (χ0n) is 10.3. The highest BCUT2D eigenvalue weighted by molar-refractivity contribution is 14.1. The molecule has 108 valence electrons. The molecule has 0 bridgehead atoms. The molecule has 0 fully saturated rings. The molecule has 0 heterocycles. The number of carbonyl (C=O) groups is 1. The molecule has 0 aliphatic carbocycles. The lowest BCUT2D eigenvalue weighted by Gasteiger charge is -2.08. The van der Waals surface area contributed by atoms with E-state index in [0.29, 0.717) is 15.7 Å². The van der Waals surface area contributed by atoms with E-state index in [1.807, 2.05) is 12.1 Å². The monoisotopic (exact) mass is 524 g/mol. The molecule has 1 amide bonds. The van der Waals surface area contributed by atoms with Crippen LogP contribution in [0.4, 0.5) is 11.4 Å². The predicted octanol–water partition coefficient (Wildman–Crippen LogP) is 4.98. The molecule has 0 atom stereocenters. The number of amides is 1. The molecule has 2 aromatic rings. The lowest BCUT2D eigenvalue weighted by molar-refractivity contribution is -0.385. The van der Waals surface area contributed by atoms with Gasteiger partial charge in [-0.3, -0.25) is 14.9 Å². The summed E-state index contributed by atoms with van der Waals surface area (Å²) >= 11 is 8.47. The van der Waals surface area contributed by atoms with E-state index >= 15 is 0 Å². The molecule has 1 N–H and O–H groups in total. The van der Waals surface area contributed by atoms with Crippen LogP contribution in [-0.4, -0.2) is 10.8 Å². The van der Waals surface area contributed by atoms with E-state index in [0.717, 1.165) is 8.04 Å². The van der Waals surface area contributed by atoms with Crippen LogP contribution >= 0.6 is 54.5 Å². The van der Waals surface area contributed by atoms with Crippen molar-refractivity contribution >= 4 is 71.7 Å². The Balaban J connectivity index is 2.29. The van der Waals surface area contributed by atoms with Crippen molar-refractivity contribution in [3.05, 3.63) is 64.6 Å². The van der Waals surface area contributed by atoms with Gasteiger partial charge in [0, 0.05) is 19.8 Å². The Hall–Kier alpha value is -1.000. The number of benzene rings is 2. The van der Waals surface area contributed by atoms with E-state index in [1.54, 1.807) is 12.1 Å². The molecule has 0 spiro atoms. The van der Waals surface area contributed by atoms with Crippen LogP contribution in [0, 0.1) is 13.7 Å². The largest absolute Gasteiger partial charge is 0.322 e. The number of rotatable bonds is 3. The van der Waals surface area contributed by atoms with Crippen molar-refractivity contribution in [2.75, 3.05) is 5.32 Å². The number of hydrogen-bond donors (Lipinski definition) is 1. The number of nitrogens with zero attached hydrogens (tertiary/aromatic N) is 1. The highest BCUT2D eigenvalue weighted by atomic mass is 127. The third-order valence-corrected chi connectivity index (χ3v) is 4.68. The molecular formula is C13H7Br2IN2O3. The van der Waals surface area contributed by atoms with Gasteiger partial charge in [-0.15, -0.1) is 0 Å². The maximum Gasteiger partial charge on any atom is 0.285 e. The van der Waals surface area contributed by atoms with Gasteiger partial charge in [0.15, 0.2) is 0 Å². The number of halogens is 3. The quantitative estimate of drug-likeness (QED) is 0.349. The third-order valence-electron chi connectivity index (χ3n) is 2.57. The zero-order chi connectivity index (χ0) is 15.6. The van der Waals surface area contributed by atoms with Gasteiger partial charge in [0.2, 0.25) is 0 Å². The second-order valence-corrected chi connectivity index (χ2v) is 6.93. The van der Waals surface area contributed by atoms with E-state index in [-0.39, 0.29) is 11.6 Å². The van der Waals surface area contributed by atoms with Gasteiger partial charge in [0.25, 0.3) is 11.6 Å². The van der Waals surface area contributed by atoms with Gasteiger partial charge in [-0.05, 0) is 68.9 Å². The van der Waals surface area contributed by atoms with E-state index in [2.05, 4.69) is 59.8 Å². The molecule has 0 radical (unpaired) electrons. The number of anilines is 1. The molecule has 0 saturated carbocycles. The minimum atomic E-state index is -0.511. The molecule has 0 aliphatic rings. The highest BCUT2D eigenvalue weighted by Crippen LogP contribution is 2.28. The first kappa shape index (κ1) is 16.4. The normalized spacial score (nSPS) is 10.2. The second-order valence-electron chi connectivity index (χ2n) is 4.00. The van der Waals surface area contributed by atoms with Crippen molar-refractivity contribution < 1.29 is 9.72 Å². The lowest BCUT2D eigenvalue weighted by Crippen LogP contribution is -2.13. The van der Waals surface area contributed by atoms with Gasteiger partial charge in [0.1, 0.15) is 0 Å². The Kier molecular flexibility index (Phi) is 5.33. The molecule has 0 aromatic heterocycles. The van der Waals surface area contributed by atoms with Crippen LogP contribution in [0.3, 0.4) is 0 Å². The van der Waals surface area contributed by atoms with Gasteiger partial charge in [-0.1, -0.05) is 15.9 Å². The minimum Gasteiger partial charge on any atom is -0.322 e. The van der Waals surface area contributed by atoms with E-state index in [4.69, 9.17) is 0 Å². The van der Waals surface area contributed by atoms with Crippen LogP contribution < -0.4 is 5.32 Å². The fraction of sp³-hybridized carbons (Fsp3) is 0. The Morgan fingerprint density at radius 2 is 1.90 bits per heavy atom. The first-order valence-corrected chi connectivity index (χ1v) is 8.25.